The van der Waals surface area contributed by atoms with Crippen molar-refractivity contribution < 1.29 is 14.3 Å². The summed E-state index contributed by atoms with van der Waals surface area (Å²) in [5.41, 5.74) is 2.78. The first-order chi connectivity index (χ1) is 14.5. The van der Waals surface area contributed by atoms with Gasteiger partial charge in [-0.15, -0.1) is 0 Å². The number of benzene rings is 2. The fourth-order valence-electron chi connectivity index (χ4n) is 3.46. The molecule has 0 atom stereocenters. The highest BCUT2D eigenvalue weighted by Gasteiger charge is 2.20. The largest absolute Gasteiger partial charge is 0.496 e. The fourth-order valence-corrected chi connectivity index (χ4v) is 3.63. The molecule has 6 nitrogen and oxygen atoms in total. The lowest BCUT2D eigenvalue weighted by molar-refractivity contribution is -0.112. The summed E-state index contributed by atoms with van der Waals surface area (Å²) < 4.78 is 11.1. The normalized spacial score (nSPS) is 13.7. The van der Waals surface area contributed by atoms with Crippen molar-refractivity contribution in [1.29, 1.82) is 5.26 Å². The number of ether oxygens (including phenoxy) is 2. The lowest BCUT2D eigenvalue weighted by atomic mass is 10.1. The van der Waals surface area contributed by atoms with Crippen molar-refractivity contribution in [1.82, 2.24) is 0 Å². The van der Waals surface area contributed by atoms with E-state index in [4.69, 9.17) is 21.1 Å². The molecule has 0 unspecified atom stereocenters. The highest BCUT2D eigenvalue weighted by Crippen LogP contribution is 2.38. The van der Waals surface area contributed by atoms with Crippen molar-refractivity contribution in [2.24, 2.45) is 0 Å². The number of nitriles is 1. The number of hydrogen-bond donors (Lipinski definition) is 1. The van der Waals surface area contributed by atoms with Crippen molar-refractivity contribution in [3.05, 3.63) is 52.1 Å². The van der Waals surface area contributed by atoms with Gasteiger partial charge < -0.3 is 19.7 Å². The van der Waals surface area contributed by atoms with Gasteiger partial charge in [-0.3, -0.25) is 4.79 Å². The summed E-state index contributed by atoms with van der Waals surface area (Å²) in [7, 11) is 3.17. The fraction of sp³-hybridized carbons (Fsp3) is 0.304. The van der Waals surface area contributed by atoms with Crippen LogP contribution in [0.5, 0.6) is 11.5 Å². The van der Waals surface area contributed by atoms with Gasteiger partial charge in [-0.25, -0.2) is 0 Å². The summed E-state index contributed by atoms with van der Waals surface area (Å²) in [5.74, 6) is 0.719. The molecule has 7 heteroatoms. The van der Waals surface area contributed by atoms with Crippen LogP contribution in [0.1, 0.15) is 24.0 Å². The number of carbonyl (C=O) groups excluding carboxylic acids is 1. The highest BCUT2D eigenvalue weighted by atomic mass is 35.5. The van der Waals surface area contributed by atoms with E-state index < -0.39 is 5.91 Å². The molecule has 2 aromatic carbocycles. The molecule has 3 rings (SSSR count). The summed E-state index contributed by atoms with van der Waals surface area (Å²) in [5, 5.41) is 12.9. The topological polar surface area (TPSA) is 74.6 Å². The van der Waals surface area contributed by atoms with E-state index in [9.17, 15) is 10.1 Å². The quantitative estimate of drug-likeness (QED) is 0.531. The van der Waals surface area contributed by atoms with Crippen LogP contribution in [0.3, 0.4) is 0 Å². The average molecular weight is 426 g/mol. The van der Waals surface area contributed by atoms with E-state index >= 15 is 0 Å². The van der Waals surface area contributed by atoms with Crippen LogP contribution in [0, 0.1) is 18.3 Å². The minimum absolute atomic E-state index is 0.0522. The summed E-state index contributed by atoms with van der Waals surface area (Å²) >= 11 is 6.12. The molecule has 0 spiro atoms. The van der Waals surface area contributed by atoms with Crippen LogP contribution in [0.2, 0.25) is 5.02 Å². The van der Waals surface area contributed by atoms with E-state index in [-0.39, 0.29) is 5.57 Å². The van der Waals surface area contributed by atoms with Gasteiger partial charge in [0.1, 0.15) is 23.1 Å². The molecule has 1 aliphatic rings. The standard InChI is InChI=1S/C23H24ClN3O3/c1-15-18(24)7-6-8-19(15)26-23(28)17(14-25)11-16-12-22(30-3)20(13-21(16)29-2)27-9-4-5-10-27/h6-8,11-13H,4-5,9-10H2,1-3H3,(H,26,28)/b17-11-. The molecular weight excluding hydrogens is 402 g/mol. The minimum Gasteiger partial charge on any atom is -0.496 e. The van der Waals surface area contributed by atoms with Gasteiger partial charge in [0, 0.05) is 35.4 Å². The van der Waals surface area contributed by atoms with Crippen molar-refractivity contribution in [3.8, 4) is 17.6 Å². The van der Waals surface area contributed by atoms with E-state index in [0.29, 0.717) is 27.8 Å². The number of amides is 1. The number of methoxy groups -OCH3 is 2. The van der Waals surface area contributed by atoms with Crippen molar-refractivity contribution in [3.63, 3.8) is 0 Å². The number of nitrogens with one attached hydrogen (secondary N) is 1. The first kappa shape index (κ1) is 21.5. The number of carbonyl (C=O) groups is 1. The van der Waals surface area contributed by atoms with E-state index in [1.165, 1.54) is 6.08 Å². The van der Waals surface area contributed by atoms with Crippen molar-refractivity contribution in [2.75, 3.05) is 37.5 Å². The Morgan fingerprint density at radius 2 is 1.90 bits per heavy atom. The van der Waals surface area contributed by atoms with Gasteiger partial charge in [-0.2, -0.15) is 5.26 Å². The number of rotatable bonds is 6. The smallest absolute Gasteiger partial charge is 0.266 e. The first-order valence-electron chi connectivity index (χ1n) is 9.67. The molecule has 0 saturated carbocycles. The monoisotopic (exact) mass is 425 g/mol. The predicted molar refractivity (Wildman–Crippen MR) is 119 cm³/mol. The third kappa shape index (κ3) is 4.52. The van der Waals surface area contributed by atoms with Crippen LogP contribution < -0.4 is 19.7 Å². The number of halogens is 1. The average Bonchev–Trinajstić information content (AvgIpc) is 3.29. The Morgan fingerprint density at radius 1 is 1.20 bits per heavy atom. The molecule has 30 heavy (non-hydrogen) atoms. The lowest BCUT2D eigenvalue weighted by Crippen LogP contribution is -2.18. The maximum atomic E-state index is 12.7. The minimum atomic E-state index is -0.521. The van der Waals surface area contributed by atoms with E-state index in [1.807, 2.05) is 12.1 Å². The maximum Gasteiger partial charge on any atom is 0.266 e. The van der Waals surface area contributed by atoms with Crippen LogP contribution in [0.15, 0.2) is 35.9 Å². The Kier molecular flexibility index (Phi) is 6.86. The highest BCUT2D eigenvalue weighted by molar-refractivity contribution is 6.31. The molecule has 2 aromatic rings. The summed E-state index contributed by atoms with van der Waals surface area (Å²) in [6.45, 7) is 3.72. The Balaban J connectivity index is 1.95. The predicted octanol–water partition coefficient (Wildman–Crippen LogP) is 4.81. The van der Waals surface area contributed by atoms with Gasteiger partial charge in [0.25, 0.3) is 5.91 Å². The third-order valence-electron chi connectivity index (χ3n) is 5.16. The van der Waals surface area contributed by atoms with Crippen LogP contribution in [0.4, 0.5) is 11.4 Å². The van der Waals surface area contributed by atoms with Gasteiger partial charge in [0.15, 0.2) is 0 Å². The Morgan fingerprint density at radius 3 is 2.53 bits per heavy atom. The van der Waals surface area contributed by atoms with Gasteiger partial charge in [0.2, 0.25) is 0 Å². The summed E-state index contributed by atoms with van der Waals surface area (Å²) in [6, 6.07) is 10.9. The van der Waals surface area contributed by atoms with E-state index in [2.05, 4.69) is 10.2 Å². The second kappa shape index (κ2) is 9.55. The van der Waals surface area contributed by atoms with Crippen LogP contribution in [0.25, 0.3) is 6.08 Å². The van der Waals surface area contributed by atoms with E-state index in [0.717, 1.165) is 37.2 Å². The molecule has 1 fully saturated rings. The molecule has 1 saturated heterocycles. The zero-order valence-electron chi connectivity index (χ0n) is 17.3. The van der Waals surface area contributed by atoms with E-state index in [1.54, 1.807) is 45.4 Å². The Bertz CT molecular complexity index is 1020. The van der Waals surface area contributed by atoms with Gasteiger partial charge in [-0.05, 0) is 49.6 Å². The molecular formula is C23H24ClN3O3. The lowest BCUT2D eigenvalue weighted by Gasteiger charge is -2.22. The second-order valence-corrected chi connectivity index (χ2v) is 7.40. The molecule has 156 valence electrons. The number of hydrogen-bond acceptors (Lipinski definition) is 5. The maximum absolute atomic E-state index is 12.7. The van der Waals surface area contributed by atoms with Crippen LogP contribution >= 0.6 is 11.6 Å². The van der Waals surface area contributed by atoms with Crippen LogP contribution in [-0.2, 0) is 4.79 Å². The first-order valence-corrected chi connectivity index (χ1v) is 10.1. The molecule has 0 bridgehead atoms. The molecule has 1 N–H and O–H groups in total. The van der Waals surface area contributed by atoms with Gasteiger partial charge >= 0.3 is 0 Å². The van der Waals surface area contributed by atoms with Gasteiger partial charge in [0.05, 0.1) is 19.9 Å². The summed E-state index contributed by atoms with van der Waals surface area (Å²) in [4.78, 5) is 15.0. The van der Waals surface area contributed by atoms with Crippen LogP contribution in [-0.4, -0.2) is 33.2 Å². The Labute approximate surface area is 181 Å². The summed E-state index contributed by atoms with van der Waals surface area (Å²) in [6.07, 6.45) is 3.77. The van der Waals surface area contributed by atoms with Crippen molar-refractivity contribution in [2.45, 2.75) is 19.8 Å². The van der Waals surface area contributed by atoms with Crippen molar-refractivity contribution >= 4 is 35.0 Å². The zero-order chi connectivity index (χ0) is 21.7. The molecule has 0 aliphatic carbocycles. The molecule has 0 aromatic heterocycles. The molecule has 0 radical (unpaired) electrons. The SMILES string of the molecule is COc1cc(N2CCCC2)c(OC)cc1/C=C(/C#N)C(=O)Nc1cccc(Cl)c1C. The molecule has 1 aliphatic heterocycles. The second-order valence-electron chi connectivity index (χ2n) is 7.00. The third-order valence-corrected chi connectivity index (χ3v) is 5.57. The number of nitrogens with zero attached hydrogens (tertiary/aromatic N) is 2. The Hall–Kier alpha value is -3.17. The van der Waals surface area contributed by atoms with Gasteiger partial charge in [-0.1, -0.05) is 17.7 Å². The molecule has 1 heterocycles. The zero-order valence-corrected chi connectivity index (χ0v) is 18.0. The molecule has 1 amide bonds. The number of anilines is 2.